The van der Waals surface area contributed by atoms with Crippen LogP contribution in [0.1, 0.15) is 11.6 Å². The molecule has 0 bridgehead atoms. The summed E-state index contributed by atoms with van der Waals surface area (Å²) in [6, 6.07) is 12.4. The van der Waals surface area contributed by atoms with Crippen molar-refractivity contribution in [1.82, 2.24) is 10.2 Å². The molecule has 2 aromatic rings. The van der Waals surface area contributed by atoms with Gasteiger partial charge in [0.1, 0.15) is 13.2 Å². The number of rotatable bonds is 4. The fraction of sp³-hybridized carbons (Fsp3) is 0.150. The maximum absolute atomic E-state index is 12.7. The maximum atomic E-state index is 12.7. The summed E-state index contributed by atoms with van der Waals surface area (Å²) in [5.74, 6) is -0.998. The fourth-order valence-corrected chi connectivity index (χ4v) is 3.69. The number of carbonyl (C=O) groups is 3. The number of cyclic esters (lactones) is 1. The predicted octanol–water partition coefficient (Wildman–Crippen LogP) is 3.51. The van der Waals surface area contributed by atoms with E-state index in [4.69, 9.17) is 27.9 Å². The Hall–Kier alpha value is -3.03. The molecular formula is C20H15Cl2N3O4. The number of nitrogens with zero attached hydrogens (tertiary/aromatic N) is 1. The highest BCUT2D eigenvalue weighted by atomic mass is 35.5. The Morgan fingerprint density at radius 3 is 2.72 bits per heavy atom. The van der Waals surface area contributed by atoms with E-state index in [1.807, 2.05) is 0 Å². The standard InChI is InChI=1S/C20H15Cl2N3O4/c21-12-5-3-4-11(8-12)18-17-15(10-29-19(17)27)25(20(28)24-18)9-16(26)23-14-7-2-1-6-13(14)22/h1-8,18H,9-10H2,(H,23,26)(H,24,28)/t18-/m1/s1. The minimum atomic E-state index is -0.700. The van der Waals surface area contributed by atoms with Crippen molar-refractivity contribution >= 4 is 46.8 Å². The van der Waals surface area contributed by atoms with Gasteiger partial charge < -0.3 is 15.4 Å². The number of ether oxygens (including phenoxy) is 1. The van der Waals surface area contributed by atoms with E-state index in [1.54, 1.807) is 48.5 Å². The van der Waals surface area contributed by atoms with Gasteiger partial charge in [-0.2, -0.15) is 0 Å². The summed E-state index contributed by atoms with van der Waals surface area (Å²) in [6.45, 7) is -0.382. The molecule has 0 spiro atoms. The molecule has 2 aliphatic heterocycles. The molecule has 2 aliphatic rings. The lowest BCUT2D eigenvalue weighted by molar-refractivity contribution is -0.136. The van der Waals surface area contributed by atoms with Crippen LogP contribution < -0.4 is 10.6 Å². The number of anilines is 1. The molecule has 1 atom stereocenters. The van der Waals surface area contributed by atoms with Gasteiger partial charge in [0.2, 0.25) is 5.91 Å². The van der Waals surface area contributed by atoms with Gasteiger partial charge in [0.25, 0.3) is 0 Å². The highest BCUT2D eigenvalue weighted by Gasteiger charge is 2.42. The first-order chi connectivity index (χ1) is 13.9. The topological polar surface area (TPSA) is 87.7 Å². The Labute approximate surface area is 176 Å². The number of esters is 1. The summed E-state index contributed by atoms with van der Waals surface area (Å²) in [5.41, 5.74) is 1.73. The molecule has 9 heteroatoms. The van der Waals surface area contributed by atoms with Crippen molar-refractivity contribution < 1.29 is 19.1 Å². The third kappa shape index (κ3) is 3.79. The van der Waals surface area contributed by atoms with Gasteiger partial charge in [-0.25, -0.2) is 9.59 Å². The molecule has 0 aromatic heterocycles. The van der Waals surface area contributed by atoms with Crippen LogP contribution >= 0.6 is 23.2 Å². The average molecular weight is 432 g/mol. The molecule has 148 valence electrons. The minimum absolute atomic E-state index is 0.0853. The minimum Gasteiger partial charge on any atom is -0.456 e. The van der Waals surface area contributed by atoms with Gasteiger partial charge in [-0.15, -0.1) is 0 Å². The van der Waals surface area contributed by atoms with Crippen LogP contribution in [0.3, 0.4) is 0 Å². The van der Waals surface area contributed by atoms with Gasteiger partial charge >= 0.3 is 12.0 Å². The lowest BCUT2D eigenvalue weighted by Gasteiger charge is -2.32. The van der Waals surface area contributed by atoms with Crippen LogP contribution in [-0.2, 0) is 14.3 Å². The zero-order chi connectivity index (χ0) is 20.5. The summed E-state index contributed by atoms with van der Waals surface area (Å²) in [6.07, 6.45) is 0. The van der Waals surface area contributed by atoms with Crippen LogP contribution in [0.4, 0.5) is 10.5 Å². The fourth-order valence-electron chi connectivity index (χ4n) is 3.31. The number of para-hydroxylation sites is 1. The van der Waals surface area contributed by atoms with E-state index in [0.717, 1.165) is 0 Å². The molecule has 3 amide bonds. The van der Waals surface area contributed by atoms with Crippen molar-refractivity contribution in [2.45, 2.75) is 6.04 Å². The lowest BCUT2D eigenvalue weighted by Crippen LogP contribution is -2.49. The van der Waals surface area contributed by atoms with Crippen molar-refractivity contribution in [1.29, 1.82) is 0 Å². The third-order valence-corrected chi connectivity index (χ3v) is 5.19. The average Bonchev–Trinajstić information content (AvgIpc) is 3.07. The molecule has 0 radical (unpaired) electrons. The molecule has 2 aromatic carbocycles. The molecule has 2 N–H and O–H groups in total. The van der Waals surface area contributed by atoms with Crippen LogP contribution in [0.5, 0.6) is 0 Å². The number of hydrogen-bond acceptors (Lipinski definition) is 4. The number of hydrogen-bond donors (Lipinski definition) is 2. The molecule has 29 heavy (non-hydrogen) atoms. The van der Waals surface area contributed by atoms with Gasteiger partial charge in [-0.3, -0.25) is 9.69 Å². The zero-order valence-electron chi connectivity index (χ0n) is 14.9. The summed E-state index contributed by atoms with van der Waals surface area (Å²) in [7, 11) is 0. The number of carbonyl (C=O) groups excluding carboxylic acids is 3. The Bertz CT molecular complexity index is 1050. The predicted molar refractivity (Wildman–Crippen MR) is 107 cm³/mol. The van der Waals surface area contributed by atoms with Gasteiger partial charge in [0, 0.05) is 5.02 Å². The second-order valence-corrected chi connectivity index (χ2v) is 7.33. The van der Waals surface area contributed by atoms with E-state index in [2.05, 4.69) is 10.6 Å². The van der Waals surface area contributed by atoms with E-state index in [-0.39, 0.29) is 18.7 Å². The molecule has 4 rings (SSSR count). The van der Waals surface area contributed by atoms with Crippen LogP contribution in [-0.4, -0.2) is 36.0 Å². The monoisotopic (exact) mass is 431 g/mol. The molecular weight excluding hydrogens is 417 g/mol. The lowest BCUT2D eigenvalue weighted by atomic mass is 9.96. The summed E-state index contributed by atoms with van der Waals surface area (Å²) in [5, 5.41) is 6.27. The Balaban J connectivity index is 1.61. The highest BCUT2D eigenvalue weighted by molar-refractivity contribution is 6.33. The summed E-state index contributed by atoms with van der Waals surface area (Å²) >= 11 is 12.1. The molecule has 0 unspecified atom stereocenters. The van der Waals surface area contributed by atoms with Gasteiger partial charge in [0.05, 0.1) is 28.0 Å². The van der Waals surface area contributed by atoms with E-state index in [1.165, 1.54) is 4.90 Å². The van der Waals surface area contributed by atoms with Crippen molar-refractivity contribution in [2.24, 2.45) is 0 Å². The van der Waals surface area contributed by atoms with Gasteiger partial charge in [-0.05, 0) is 29.8 Å². The second kappa shape index (κ2) is 7.77. The smallest absolute Gasteiger partial charge is 0.338 e. The summed E-state index contributed by atoms with van der Waals surface area (Å²) < 4.78 is 5.15. The highest BCUT2D eigenvalue weighted by Crippen LogP contribution is 2.35. The SMILES string of the molecule is O=C(CN1C(=O)N[C@H](c2cccc(Cl)c2)C2=C1COC2=O)Nc1ccccc1Cl. The zero-order valence-corrected chi connectivity index (χ0v) is 16.5. The van der Waals surface area contributed by atoms with Crippen molar-refractivity contribution in [3.05, 3.63) is 75.4 Å². The molecule has 7 nitrogen and oxygen atoms in total. The first-order valence-electron chi connectivity index (χ1n) is 8.72. The van der Waals surface area contributed by atoms with Gasteiger partial charge in [-0.1, -0.05) is 47.5 Å². The number of nitrogens with one attached hydrogen (secondary N) is 2. The van der Waals surface area contributed by atoms with E-state index < -0.39 is 23.9 Å². The number of urea groups is 1. The van der Waals surface area contributed by atoms with Crippen LogP contribution in [0.25, 0.3) is 0 Å². The van der Waals surface area contributed by atoms with E-state index >= 15 is 0 Å². The van der Waals surface area contributed by atoms with Crippen LogP contribution in [0, 0.1) is 0 Å². The summed E-state index contributed by atoms with van der Waals surface area (Å²) in [4.78, 5) is 38.8. The number of benzene rings is 2. The Kier molecular flexibility index (Phi) is 5.17. The number of halogens is 2. The molecule has 0 fully saturated rings. The van der Waals surface area contributed by atoms with Crippen LogP contribution in [0.15, 0.2) is 59.8 Å². The van der Waals surface area contributed by atoms with Crippen molar-refractivity contribution in [2.75, 3.05) is 18.5 Å². The van der Waals surface area contributed by atoms with E-state index in [9.17, 15) is 14.4 Å². The largest absolute Gasteiger partial charge is 0.456 e. The third-order valence-electron chi connectivity index (χ3n) is 4.63. The Morgan fingerprint density at radius 2 is 1.97 bits per heavy atom. The normalized spacial score (nSPS) is 18.3. The maximum Gasteiger partial charge on any atom is 0.338 e. The van der Waals surface area contributed by atoms with E-state index in [0.29, 0.717) is 27.0 Å². The Morgan fingerprint density at radius 1 is 1.17 bits per heavy atom. The number of amides is 3. The molecule has 0 aliphatic carbocycles. The first-order valence-corrected chi connectivity index (χ1v) is 9.47. The van der Waals surface area contributed by atoms with Crippen LogP contribution in [0.2, 0.25) is 10.0 Å². The first kappa shape index (κ1) is 19.3. The van der Waals surface area contributed by atoms with Gasteiger partial charge in [0.15, 0.2) is 0 Å². The quantitative estimate of drug-likeness (QED) is 0.724. The molecule has 0 saturated heterocycles. The van der Waals surface area contributed by atoms with Crippen molar-refractivity contribution in [3.8, 4) is 0 Å². The molecule has 2 heterocycles. The second-order valence-electron chi connectivity index (χ2n) is 6.49. The molecule has 0 saturated carbocycles. The van der Waals surface area contributed by atoms with Crippen molar-refractivity contribution in [3.63, 3.8) is 0 Å².